The first-order chi connectivity index (χ1) is 11.6. The molecule has 3 rings (SSSR count). The highest BCUT2D eigenvalue weighted by Gasteiger charge is 2.24. The van der Waals surface area contributed by atoms with Crippen molar-refractivity contribution < 1.29 is 9.59 Å². The van der Waals surface area contributed by atoms with Gasteiger partial charge in [0.15, 0.2) is 0 Å². The average molecular weight is 343 g/mol. The fourth-order valence-corrected chi connectivity index (χ4v) is 2.63. The van der Waals surface area contributed by atoms with E-state index in [1.165, 1.54) is 0 Å². The topological polar surface area (TPSA) is 58.2 Å². The summed E-state index contributed by atoms with van der Waals surface area (Å²) < 4.78 is 0. The molecule has 2 amide bonds. The van der Waals surface area contributed by atoms with Crippen molar-refractivity contribution in [1.29, 1.82) is 0 Å². The van der Waals surface area contributed by atoms with E-state index in [1.54, 1.807) is 24.3 Å². The first-order valence-corrected chi connectivity index (χ1v) is 8.43. The minimum Gasteiger partial charge on any atom is -0.352 e. The first kappa shape index (κ1) is 16.5. The van der Waals surface area contributed by atoms with Crippen LogP contribution in [0.2, 0.25) is 5.02 Å². The number of carbonyl (C=O) groups excluding carboxylic acids is 2. The van der Waals surface area contributed by atoms with Gasteiger partial charge in [0.25, 0.3) is 11.8 Å². The van der Waals surface area contributed by atoms with Gasteiger partial charge in [-0.3, -0.25) is 9.59 Å². The van der Waals surface area contributed by atoms with Crippen LogP contribution in [0.15, 0.2) is 48.5 Å². The smallest absolute Gasteiger partial charge is 0.251 e. The number of benzene rings is 2. The molecule has 124 valence electrons. The van der Waals surface area contributed by atoms with E-state index in [9.17, 15) is 9.59 Å². The van der Waals surface area contributed by atoms with E-state index in [1.807, 2.05) is 24.3 Å². The third-order valence-electron chi connectivity index (χ3n) is 3.89. The summed E-state index contributed by atoms with van der Waals surface area (Å²) in [6.07, 6.45) is 2.78. The maximum atomic E-state index is 12.2. The normalized spacial score (nSPS) is 13.4. The van der Waals surface area contributed by atoms with Gasteiger partial charge in [-0.1, -0.05) is 29.8 Å². The highest BCUT2D eigenvalue weighted by atomic mass is 35.5. The van der Waals surface area contributed by atoms with Gasteiger partial charge in [0.2, 0.25) is 0 Å². The predicted octanol–water partition coefficient (Wildman–Crippen LogP) is 3.20. The van der Waals surface area contributed by atoms with Crippen LogP contribution in [0.1, 0.15) is 39.1 Å². The molecule has 0 radical (unpaired) electrons. The summed E-state index contributed by atoms with van der Waals surface area (Å²) in [5.41, 5.74) is 2.08. The molecule has 5 heteroatoms. The van der Waals surface area contributed by atoms with Gasteiger partial charge in [-0.2, -0.15) is 0 Å². The van der Waals surface area contributed by atoms with E-state index in [0.717, 1.165) is 18.4 Å². The molecule has 2 aromatic carbocycles. The van der Waals surface area contributed by atoms with E-state index in [0.29, 0.717) is 35.2 Å². The SMILES string of the molecule is O=C(NCCc1cccc(Cl)c1)c1cccc(C(=O)NC2CC2)c1. The zero-order valence-electron chi connectivity index (χ0n) is 13.2. The second-order valence-electron chi connectivity index (χ2n) is 5.96. The van der Waals surface area contributed by atoms with Gasteiger partial charge in [0.05, 0.1) is 0 Å². The Balaban J connectivity index is 1.55. The van der Waals surface area contributed by atoms with E-state index in [2.05, 4.69) is 10.6 Å². The van der Waals surface area contributed by atoms with Crippen LogP contribution in [0.3, 0.4) is 0 Å². The average Bonchev–Trinajstić information content (AvgIpc) is 3.39. The number of amides is 2. The summed E-state index contributed by atoms with van der Waals surface area (Å²) in [5.74, 6) is -0.302. The van der Waals surface area contributed by atoms with Crippen molar-refractivity contribution in [2.45, 2.75) is 25.3 Å². The van der Waals surface area contributed by atoms with Gasteiger partial charge in [0, 0.05) is 28.7 Å². The standard InChI is InChI=1S/C19H19ClN2O2/c20-16-6-1-3-13(11-16)9-10-21-18(23)14-4-2-5-15(12-14)19(24)22-17-7-8-17/h1-6,11-12,17H,7-10H2,(H,21,23)(H,22,24). The molecule has 1 aliphatic carbocycles. The molecule has 4 nitrogen and oxygen atoms in total. The Morgan fingerprint density at radius 2 is 1.71 bits per heavy atom. The van der Waals surface area contributed by atoms with Crippen LogP contribution < -0.4 is 10.6 Å². The summed E-state index contributed by atoms with van der Waals surface area (Å²) in [4.78, 5) is 24.3. The largest absolute Gasteiger partial charge is 0.352 e. The van der Waals surface area contributed by atoms with E-state index in [4.69, 9.17) is 11.6 Å². The number of hydrogen-bond acceptors (Lipinski definition) is 2. The molecule has 0 heterocycles. The van der Waals surface area contributed by atoms with Crippen LogP contribution in [0, 0.1) is 0 Å². The van der Waals surface area contributed by atoms with Crippen LogP contribution >= 0.6 is 11.6 Å². The second-order valence-corrected chi connectivity index (χ2v) is 6.40. The molecule has 24 heavy (non-hydrogen) atoms. The van der Waals surface area contributed by atoms with Crippen LogP contribution in [-0.4, -0.2) is 24.4 Å². The van der Waals surface area contributed by atoms with Crippen molar-refractivity contribution >= 4 is 23.4 Å². The maximum absolute atomic E-state index is 12.2. The molecule has 0 saturated heterocycles. The highest BCUT2D eigenvalue weighted by molar-refractivity contribution is 6.30. The summed E-state index contributed by atoms with van der Waals surface area (Å²) in [5, 5.41) is 6.48. The number of carbonyl (C=O) groups is 2. The van der Waals surface area contributed by atoms with Crippen molar-refractivity contribution in [3.05, 3.63) is 70.2 Å². The molecule has 2 aromatic rings. The quantitative estimate of drug-likeness (QED) is 0.847. The number of rotatable bonds is 6. The van der Waals surface area contributed by atoms with Crippen molar-refractivity contribution in [3.8, 4) is 0 Å². The lowest BCUT2D eigenvalue weighted by Gasteiger charge is -2.08. The maximum Gasteiger partial charge on any atom is 0.251 e. The Hall–Kier alpha value is -2.33. The number of nitrogens with one attached hydrogen (secondary N) is 2. The highest BCUT2D eigenvalue weighted by Crippen LogP contribution is 2.19. The lowest BCUT2D eigenvalue weighted by molar-refractivity contribution is 0.0951. The molecule has 0 unspecified atom stereocenters. The molecule has 0 aliphatic heterocycles. The van der Waals surface area contributed by atoms with Crippen molar-refractivity contribution in [2.24, 2.45) is 0 Å². The molecule has 1 saturated carbocycles. The Labute approximate surface area is 146 Å². The fraction of sp³-hybridized carbons (Fsp3) is 0.263. The summed E-state index contributed by atoms with van der Waals surface area (Å²) in [7, 11) is 0. The van der Waals surface area contributed by atoms with Crippen molar-refractivity contribution in [1.82, 2.24) is 10.6 Å². The Morgan fingerprint density at radius 1 is 1.00 bits per heavy atom. The number of halogens is 1. The van der Waals surface area contributed by atoms with Crippen LogP contribution in [0.25, 0.3) is 0 Å². The molecule has 2 N–H and O–H groups in total. The lowest BCUT2D eigenvalue weighted by atomic mass is 10.1. The number of hydrogen-bond donors (Lipinski definition) is 2. The molecule has 1 aliphatic rings. The van der Waals surface area contributed by atoms with Crippen molar-refractivity contribution in [3.63, 3.8) is 0 Å². The third kappa shape index (κ3) is 4.59. The van der Waals surface area contributed by atoms with Crippen LogP contribution in [-0.2, 0) is 6.42 Å². The monoisotopic (exact) mass is 342 g/mol. The van der Waals surface area contributed by atoms with Gasteiger partial charge >= 0.3 is 0 Å². The molecule has 1 fully saturated rings. The fourth-order valence-electron chi connectivity index (χ4n) is 2.41. The Kier molecular flexibility index (Phi) is 5.16. The van der Waals surface area contributed by atoms with Gasteiger partial charge in [-0.15, -0.1) is 0 Å². The zero-order valence-corrected chi connectivity index (χ0v) is 14.0. The minimum absolute atomic E-state index is 0.119. The molecular formula is C19H19ClN2O2. The van der Waals surface area contributed by atoms with E-state index < -0.39 is 0 Å². The second kappa shape index (κ2) is 7.49. The molecule has 0 aromatic heterocycles. The zero-order chi connectivity index (χ0) is 16.9. The molecule has 0 atom stereocenters. The van der Waals surface area contributed by atoms with Crippen molar-refractivity contribution in [2.75, 3.05) is 6.54 Å². The Morgan fingerprint density at radius 3 is 2.42 bits per heavy atom. The van der Waals surface area contributed by atoms with Gasteiger partial charge in [-0.25, -0.2) is 0 Å². The predicted molar refractivity (Wildman–Crippen MR) is 94.4 cm³/mol. The molecule has 0 bridgehead atoms. The summed E-state index contributed by atoms with van der Waals surface area (Å²) >= 11 is 5.94. The van der Waals surface area contributed by atoms with Gasteiger partial charge in [-0.05, 0) is 55.2 Å². The third-order valence-corrected chi connectivity index (χ3v) is 4.12. The lowest BCUT2D eigenvalue weighted by Crippen LogP contribution is -2.27. The molecule has 0 spiro atoms. The summed E-state index contributed by atoms with van der Waals surface area (Å²) in [6.45, 7) is 0.512. The van der Waals surface area contributed by atoms with E-state index in [-0.39, 0.29) is 11.8 Å². The van der Waals surface area contributed by atoms with Crippen LogP contribution in [0.5, 0.6) is 0 Å². The van der Waals surface area contributed by atoms with Gasteiger partial charge < -0.3 is 10.6 Å². The molecular weight excluding hydrogens is 324 g/mol. The van der Waals surface area contributed by atoms with Gasteiger partial charge in [0.1, 0.15) is 0 Å². The van der Waals surface area contributed by atoms with Crippen LogP contribution in [0.4, 0.5) is 0 Å². The minimum atomic E-state index is -0.182. The van der Waals surface area contributed by atoms with E-state index >= 15 is 0 Å². The Bertz CT molecular complexity index is 757. The summed E-state index contributed by atoms with van der Waals surface area (Å²) in [6, 6.07) is 14.7. The first-order valence-electron chi connectivity index (χ1n) is 8.05.